The average Bonchev–Trinajstić information content (AvgIpc) is 3.08. The lowest BCUT2D eigenvalue weighted by Gasteiger charge is -2.32. The van der Waals surface area contributed by atoms with Crippen LogP contribution < -0.4 is 5.32 Å². The Morgan fingerprint density at radius 1 is 1.17 bits per heavy atom. The van der Waals surface area contributed by atoms with Gasteiger partial charge in [0, 0.05) is 6.04 Å². The van der Waals surface area contributed by atoms with Gasteiger partial charge in [-0.3, -0.25) is 0 Å². The number of hydrogen-bond donors (Lipinski definition) is 1. The third kappa shape index (κ3) is 1.90. The first-order chi connectivity index (χ1) is 8.42. The van der Waals surface area contributed by atoms with Crippen molar-refractivity contribution in [3.05, 3.63) is 24.2 Å². The lowest BCUT2D eigenvalue weighted by Crippen LogP contribution is -2.38. The van der Waals surface area contributed by atoms with Gasteiger partial charge in [0.1, 0.15) is 5.76 Å². The largest absolute Gasteiger partial charge is 0.468 e. The van der Waals surface area contributed by atoms with Crippen LogP contribution in [0.15, 0.2) is 22.8 Å². The summed E-state index contributed by atoms with van der Waals surface area (Å²) in [6.07, 6.45) is 9.22. The van der Waals surface area contributed by atoms with E-state index in [2.05, 4.69) is 11.4 Å². The van der Waals surface area contributed by atoms with Gasteiger partial charge in [0.2, 0.25) is 0 Å². The van der Waals surface area contributed by atoms with E-state index in [0.29, 0.717) is 0 Å². The predicted octanol–water partition coefficient (Wildman–Crippen LogP) is 3.62. The second-order valence-corrected chi connectivity index (χ2v) is 6.22. The average molecular weight is 268 g/mol. The van der Waals surface area contributed by atoms with Gasteiger partial charge in [-0.1, -0.05) is 6.42 Å². The molecule has 5 atom stereocenters. The van der Waals surface area contributed by atoms with Crippen LogP contribution in [0.2, 0.25) is 0 Å². The number of halogens is 1. The van der Waals surface area contributed by atoms with Gasteiger partial charge in [-0.2, -0.15) is 0 Å². The summed E-state index contributed by atoms with van der Waals surface area (Å²) in [5, 5.41) is 3.73. The smallest absolute Gasteiger partial charge is 0.117 e. The summed E-state index contributed by atoms with van der Waals surface area (Å²) < 4.78 is 5.40. The molecule has 0 aromatic carbocycles. The van der Waals surface area contributed by atoms with Crippen molar-refractivity contribution in [3.8, 4) is 0 Å². The van der Waals surface area contributed by atoms with Gasteiger partial charge >= 0.3 is 0 Å². The Balaban J connectivity index is 0.000001000. The summed E-state index contributed by atoms with van der Waals surface area (Å²) in [6.45, 7) is 0.915. The topological polar surface area (TPSA) is 25.2 Å². The van der Waals surface area contributed by atoms with E-state index in [1.165, 1.54) is 32.1 Å². The Morgan fingerprint density at radius 2 is 2.06 bits per heavy atom. The van der Waals surface area contributed by atoms with Gasteiger partial charge in [0.15, 0.2) is 0 Å². The van der Waals surface area contributed by atoms with Gasteiger partial charge in [0.05, 0.1) is 12.8 Å². The van der Waals surface area contributed by atoms with Crippen molar-refractivity contribution >= 4 is 12.4 Å². The normalized spacial score (nSPS) is 40.8. The predicted molar refractivity (Wildman–Crippen MR) is 73.6 cm³/mol. The van der Waals surface area contributed by atoms with Crippen LogP contribution in [0.25, 0.3) is 0 Å². The van der Waals surface area contributed by atoms with Crippen LogP contribution in [0, 0.1) is 23.7 Å². The molecule has 0 amide bonds. The van der Waals surface area contributed by atoms with Crippen LogP contribution in [0.4, 0.5) is 0 Å². The van der Waals surface area contributed by atoms with Crippen LogP contribution in [-0.4, -0.2) is 6.04 Å². The molecular weight excluding hydrogens is 246 g/mol. The SMILES string of the molecule is Cl.c1coc(CNC2CC3CC2C2CCCC32)c1. The van der Waals surface area contributed by atoms with E-state index in [9.17, 15) is 0 Å². The highest BCUT2D eigenvalue weighted by Crippen LogP contribution is 2.58. The Hall–Kier alpha value is -0.470. The molecular formula is C15H22ClNO. The summed E-state index contributed by atoms with van der Waals surface area (Å²) >= 11 is 0. The van der Waals surface area contributed by atoms with Gasteiger partial charge in [-0.05, 0) is 61.5 Å². The van der Waals surface area contributed by atoms with Crippen LogP contribution in [0.3, 0.4) is 0 Å². The zero-order chi connectivity index (χ0) is 11.2. The Morgan fingerprint density at radius 3 is 2.89 bits per heavy atom. The highest BCUT2D eigenvalue weighted by molar-refractivity contribution is 5.85. The van der Waals surface area contributed by atoms with Crippen LogP contribution in [0.1, 0.15) is 37.9 Å². The van der Waals surface area contributed by atoms with E-state index in [4.69, 9.17) is 4.42 Å². The zero-order valence-electron chi connectivity index (χ0n) is 10.7. The minimum Gasteiger partial charge on any atom is -0.468 e. The third-order valence-electron chi connectivity index (χ3n) is 5.55. The van der Waals surface area contributed by atoms with Gasteiger partial charge in [-0.15, -0.1) is 12.4 Å². The van der Waals surface area contributed by atoms with Gasteiger partial charge in [0.25, 0.3) is 0 Å². The van der Waals surface area contributed by atoms with Crippen LogP contribution in [-0.2, 0) is 6.54 Å². The molecule has 0 spiro atoms. The van der Waals surface area contributed by atoms with Gasteiger partial charge < -0.3 is 9.73 Å². The standard InChI is InChI=1S/C15H21NO.ClH/c1-4-12-10-7-14(13(12)5-1)15(8-10)16-9-11-3-2-6-17-11;/h2-3,6,10,12-16H,1,4-5,7-9H2;1H. The first kappa shape index (κ1) is 12.6. The molecule has 1 heterocycles. The van der Waals surface area contributed by atoms with Crippen molar-refractivity contribution in [1.29, 1.82) is 0 Å². The van der Waals surface area contributed by atoms with E-state index in [-0.39, 0.29) is 12.4 Å². The molecule has 18 heavy (non-hydrogen) atoms. The molecule has 0 saturated heterocycles. The maximum atomic E-state index is 5.40. The van der Waals surface area contributed by atoms with Crippen molar-refractivity contribution in [2.75, 3.05) is 0 Å². The van der Waals surface area contributed by atoms with E-state index >= 15 is 0 Å². The number of fused-ring (bicyclic) bond motifs is 5. The van der Waals surface area contributed by atoms with Crippen molar-refractivity contribution in [2.24, 2.45) is 23.7 Å². The first-order valence-electron chi connectivity index (χ1n) is 7.17. The summed E-state index contributed by atoms with van der Waals surface area (Å²) in [7, 11) is 0. The van der Waals surface area contributed by atoms with E-state index in [1.54, 1.807) is 6.26 Å². The van der Waals surface area contributed by atoms with Crippen molar-refractivity contribution in [3.63, 3.8) is 0 Å². The lowest BCUT2D eigenvalue weighted by atomic mass is 9.79. The fraction of sp³-hybridized carbons (Fsp3) is 0.733. The summed E-state index contributed by atoms with van der Waals surface area (Å²) in [6, 6.07) is 4.81. The molecule has 3 aliphatic carbocycles. The summed E-state index contributed by atoms with van der Waals surface area (Å²) in [5.41, 5.74) is 0. The molecule has 5 unspecified atom stereocenters. The number of furan rings is 1. The molecule has 1 N–H and O–H groups in total. The lowest BCUT2D eigenvalue weighted by molar-refractivity contribution is 0.205. The minimum absolute atomic E-state index is 0. The highest BCUT2D eigenvalue weighted by atomic mass is 35.5. The fourth-order valence-electron chi connectivity index (χ4n) is 4.95. The molecule has 1 aromatic heterocycles. The van der Waals surface area contributed by atoms with Gasteiger partial charge in [-0.25, -0.2) is 0 Å². The molecule has 100 valence electrons. The molecule has 0 aliphatic heterocycles. The van der Waals surface area contributed by atoms with Crippen LogP contribution in [0.5, 0.6) is 0 Å². The second kappa shape index (κ2) is 4.90. The number of hydrogen-bond acceptors (Lipinski definition) is 2. The summed E-state index contributed by atoms with van der Waals surface area (Å²) in [4.78, 5) is 0. The Labute approximate surface area is 115 Å². The first-order valence-corrected chi connectivity index (χ1v) is 7.17. The highest BCUT2D eigenvalue weighted by Gasteiger charge is 2.53. The summed E-state index contributed by atoms with van der Waals surface area (Å²) in [5.74, 6) is 5.25. The van der Waals surface area contributed by atoms with Crippen LogP contribution >= 0.6 is 12.4 Å². The molecule has 3 fully saturated rings. The molecule has 0 radical (unpaired) electrons. The Kier molecular flexibility index (Phi) is 3.42. The Bertz CT molecular complexity index is 391. The third-order valence-corrected chi connectivity index (χ3v) is 5.55. The molecule has 3 saturated carbocycles. The molecule has 3 aliphatic rings. The second-order valence-electron chi connectivity index (χ2n) is 6.22. The van der Waals surface area contributed by atoms with Crippen molar-refractivity contribution in [1.82, 2.24) is 5.32 Å². The monoisotopic (exact) mass is 267 g/mol. The maximum Gasteiger partial charge on any atom is 0.117 e. The maximum absolute atomic E-state index is 5.40. The van der Waals surface area contributed by atoms with E-state index in [1.807, 2.05) is 6.07 Å². The minimum atomic E-state index is 0. The molecule has 1 aromatic rings. The quantitative estimate of drug-likeness (QED) is 0.905. The number of rotatable bonds is 3. The molecule has 2 bridgehead atoms. The zero-order valence-corrected chi connectivity index (χ0v) is 11.5. The van der Waals surface area contributed by atoms with Crippen molar-refractivity contribution in [2.45, 2.75) is 44.7 Å². The molecule has 4 rings (SSSR count). The molecule has 3 heteroatoms. The molecule has 2 nitrogen and oxygen atoms in total. The fourth-order valence-corrected chi connectivity index (χ4v) is 4.95. The van der Waals surface area contributed by atoms with E-state index < -0.39 is 0 Å². The van der Waals surface area contributed by atoms with E-state index in [0.717, 1.165) is 42.0 Å². The van der Waals surface area contributed by atoms with Crippen molar-refractivity contribution < 1.29 is 4.42 Å². The number of nitrogens with one attached hydrogen (secondary N) is 1.